The predicted molar refractivity (Wildman–Crippen MR) is 126 cm³/mol. The molecule has 1 aliphatic rings. The van der Waals surface area contributed by atoms with Crippen LogP contribution in [-0.4, -0.2) is 55.3 Å². The molecule has 2 N–H and O–H groups in total. The van der Waals surface area contributed by atoms with Crippen molar-refractivity contribution < 1.29 is 13.5 Å². The van der Waals surface area contributed by atoms with Crippen molar-refractivity contribution in [1.29, 1.82) is 0 Å². The van der Waals surface area contributed by atoms with E-state index in [1.54, 1.807) is 13.3 Å². The van der Waals surface area contributed by atoms with Crippen molar-refractivity contribution in [3.05, 3.63) is 71.4 Å². The van der Waals surface area contributed by atoms with Crippen LogP contribution in [0.3, 0.4) is 0 Å². The lowest BCUT2D eigenvalue weighted by molar-refractivity contribution is 0.0784. The van der Waals surface area contributed by atoms with E-state index < -0.39 is 11.6 Å². The average molecular weight is 476 g/mol. The van der Waals surface area contributed by atoms with Crippen LogP contribution in [0.5, 0.6) is 0 Å². The summed E-state index contributed by atoms with van der Waals surface area (Å²) in [5.74, 6) is -0.283. The number of aromatic nitrogens is 6. The lowest BCUT2D eigenvalue weighted by Gasteiger charge is -2.40. The largest absolute Gasteiger partial charge is 0.378 e. The molecule has 11 heteroatoms. The molecule has 0 saturated carbocycles. The fraction of sp³-hybridized carbons (Fsp3) is 0.250. The number of hydrogen-bond donors (Lipinski definition) is 1. The summed E-state index contributed by atoms with van der Waals surface area (Å²) < 4.78 is 37.4. The fourth-order valence-electron chi connectivity index (χ4n) is 4.42. The first-order valence-corrected chi connectivity index (χ1v) is 11.1. The zero-order valence-corrected chi connectivity index (χ0v) is 19.1. The smallest absolute Gasteiger partial charge is 0.225 e. The number of pyridine rings is 1. The first kappa shape index (κ1) is 21.4. The summed E-state index contributed by atoms with van der Waals surface area (Å²) in [6, 6.07) is 7.61. The maximum atomic E-state index is 14.3. The highest BCUT2D eigenvalue weighted by Gasteiger charge is 2.32. The van der Waals surface area contributed by atoms with E-state index in [2.05, 4.69) is 25.0 Å². The minimum absolute atomic E-state index is 0.0953. The predicted octanol–water partition coefficient (Wildman–Crippen LogP) is 3.03. The number of nitrogen functional groups attached to an aromatic ring is 1. The Morgan fingerprint density at radius 1 is 1.11 bits per heavy atom. The lowest BCUT2D eigenvalue weighted by atomic mass is 10.1. The van der Waals surface area contributed by atoms with Crippen LogP contribution in [0.2, 0.25) is 0 Å². The van der Waals surface area contributed by atoms with Gasteiger partial charge in [0.2, 0.25) is 5.95 Å². The van der Waals surface area contributed by atoms with Gasteiger partial charge in [-0.2, -0.15) is 9.50 Å². The van der Waals surface area contributed by atoms with Crippen molar-refractivity contribution >= 4 is 23.1 Å². The number of rotatable bonds is 5. The highest BCUT2D eigenvalue weighted by molar-refractivity contribution is 5.88. The summed E-state index contributed by atoms with van der Waals surface area (Å²) in [5, 5.41) is 4.44. The molecule has 4 aromatic heterocycles. The van der Waals surface area contributed by atoms with E-state index in [1.165, 1.54) is 22.7 Å². The number of anilines is 2. The van der Waals surface area contributed by atoms with Gasteiger partial charge in [0.05, 0.1) is 11.7 Å². The van der Waals surface area contributed by atoms with Gasteiger partial charge in [0.15, 0.2) is 11.5 Å². The van der Waals surface area contributed by atoms with Crippen molar-refractivity contribution in [2.45, 2.75) is 19.4 Å². The Kier molecular flexibility index (Phi) is 4.88. The second-order valence-corrected chi connectivity index (χ2v) is 8.62. The minimum Gasteiger partial charge on any atom is -0.378 e. The maximum absolute atomic E-state index is 14.3. The van der Waals surface area contributed by atoms with E-state index in [0.717, 1.165) is 22.5 Å². The van der Waals surface area contributed by atoms with Crippen molar-refractivity contribution in [1.82, 2.24) is 29.0 Å². The number of nitrogens with zero attached hydrogens (tertiary/aromatic N) is 7. The third-order valence-electron chi connectivity index (χ3n) is 6.39. The molecule has 0 spiro atoms. The molecule has 0 unspecified atom stereocenters. The number of fused-ring (bicyclic) bond motifs is 2. The van der Waals surface area contributed by atoms with Crippen molar-refractivity contribution in [2.75, 3.05) is 30.8 Å². The molecule has 0 amide bonds. The Balaban J connectivity index is 1.54. The van der Waals surface area contributed by atoms with E-state index >= 15 is 0 Å². The number of nitrogens with two attached hydrogens (primary N) is 1. The molecule has 1 saturated heterocycles. The van der Waals surface area contributed by atoms with E-state index in [4.69, 9.17) is 10.5 Å². The maximum Gasteiger partial charge on any atom is 0.225 e. The molecule has 5 heterocycles. The van der Waals surface area contributed by atoms with Crippen LogP contribution >= 0.6 is 0 Å². The van der Waals surface area contributed by atoms with Gasteiger partial charge in [-0.25, -0.2) is 18.7 Å². The quantitative estimate of drug-likeness (QED) is 0.416. The van der Waals surface area contributed by atoms with Gasteiger partial charge in [0, 0.05) is 55.8 Å². The SMILES string of the molecule is COC1CN(c2nc(N)n3nc(Cc4c(F)cccc4F)nc3c2-c2ccc3ncc(C)n3c2)C1. The summed E-state index contributed by atoms with van der Waals surface area (Å²) >= 11 is 0. The van der Waals surface area contributed by atoms with Gasteiger partial charge < -0.3 is 19.8 Å². The second kappa shape index (κ2) is 7.98. The number of aryl methyl sites for hydroxylation is 1. The highest BCUT2D eigenvalue weighted by Crippen LogP contribution is 2.36. The standard InChI is InChI=1S/C24H22F2N8O/c1-13-9-28-20-7-6-14(10-33(13)20)21-22(32-11-15(12-32)35-2)30-24(27)34-23(21)29-19(31-34)8-16-17(25)4-3-5-18(16)26/h3-7,9-10,15H,8,11-12H2,1-2H3,(H2,27,30). The second-order valence-electron chi connectivity index (χ2n) is 8.62. The van der Waals surface area contributed by atoms with Crippen LogP contribution in [0, 0.1) is 18.6 Å². The molecule has 1 aromatic carbocycles. The number of imidazole rings is 1. The molecule has 9 nitrogen and oxygen atoms in total. The molecule has 0 bridgehead atoms. The fourth-order valence-corrected chi connectivity index (χ4v) is 4.42. The number of ether oxygens (including phenoxy) is 1. The van der Waals surface area contributed by atoms with Gasteiger partial charge in [-0.1, -0.05) is 6.07 Å². The average Bonchev–Trinajstić information content (AvgIpc) is 3.40. The first-order chi connectivity index (χ1) is 16.9. The summed E-state index contributed by atoms with van der Waals surface area (Å²) in [6.07, 6.45) is 3.74. The van der Waals surface area contributed by atoms with E-state index in [0.29, 0.717) is 24.6 Å². The number of benzene rings is 1. The first-order valence-electron chi connectivity index (χ1n) is 11.1. The third-order valence-corrected chi connectivity index (χ3v) is 6.39. The van der Waals surface area contributed by atoms with Crippen LogP contribution < -0.4 is 10.6 Å². The molecule has 0 atom stereocenters. The number of methoxy groups -OCH3 is 1. The molecule has 0 radical (unpaired) electrons. The summed E-state index contributed by atoms with van der Waals surface area (Å²) in [4.78, 5) is 15.8. The molecule has 1 aliphatic heterocycles. The number of halogens is 2. The zero-order valence-electron chi connectivity index (χ0n) is 19.1. The molecule has 1 fully saturated rings. The molecule has 178 valence electrons. The van der Waals surface area contributed by atoms with Crippen molar-refractivity contribution in [3.63, 3.8) is 0 Å². The highest BCUT2D eigenvalue weighted by atomic mass is 19.1. The van der Waals surface area contributed by atoms with Gasteiger partial charge in [0.25, 0.3) is 0 Å². The van der Waals surface area contributed by atoms with Gasteiger partial charge in [0.1, 0.15) is 23.1 Å². The van der Waals surface area contributed by atoms with Crippen LogP contribution in [-0.2, 0) is 11.2 Å². The van der Waals surface area contributed by atoms with Gasteiger partial charge >= 0.3 is 0 Å². The zero-order chi connectivity index (χ0) is 24.3. The Labute approximate surface area is 198 Å². The van der Waals surface area contributed by atoms with E-state index in [-0.39, 0.29) is 29.9 Å². The Morgan fingerprint density at radius 2 is 1.89 bits per heavy atom. The molecule has 6 rings (SSSR count). The summed E-state index contributed by atoms with van der Waals surface area (Å²) in [6.45, 7) is 3.28. The molecule has 5 aromatic rings. The Morgan fingerprint density at radius 3 is 2.63 bits per heavy atom. The summed E-state index contributed by atoms with van der Waals surface area (Å²) in [7, 11) is 1.68. The molecular formula is C24H22F2N8O. The van der Waals surface area contributed by atoms with Crippen LogP contribution in [0.4, 0.5) is 20.5 Å². The van der Waals surface area contributed by atoms with E-state index in [1.807, 2.05) is 29.7 Å². The van der Waals surface area contributed by atoms with Crippen LogP contribution in [0.1, 0.15) is 17.1 Å². The number of hydrogen-bond acceptors (Lipinski definition) is 7. The molecular weight excluding hydrogens is 454 g/mol. The Bertz CT molecular complexity index is 1570. The monoisotopic (exact) mass is 476 g/mol. The van der Waals surface area contributed by atoms with E-state index in [9.17, 15) is 8.78 Å². The molecule has 0 aliphatic carbocycles. The topological polar surface area (TPSA) is 98.9 Å². The molecule has 35 heavy (non-hydrogen) atoms. The van der Waals surface area contributed by atoms with Crippen LogP contribution in [0.25, 0.3) is 22.4 Å². The Hall–Kier alpha value is -4.12. The lowest BCUT2D eigenvalue weighted by Crippen LogP contribution is -2.52. The van der Waals surface area contributed by atoms with Gasteiger partial charge in [-0.05, 0) is 31.2 Å². The van der Waals surface area contributed by atoms with Gasteiger partial charge in [-0.15, -0.1) is 5.10 Å². The van der Waals surface area contributed by atoms with Gasteiger partial charge in [-0.3, -0.25) is 0 Å². The normalized spacial score (nSPS) is 14.2. The van der Waals surface area contributed by atoms with Crippen LogP contribution in [0.15, 0.2) is 42.7 Å². The summed E-state index contributed by atoms with van der Waals surface area (Å²) in [5.41, 5.74) is 9.98. The van der Waals surface area contributed by atoms with Crippen molar-refractivity contribution in [2.24, 2.45) is 0 Å². The van der Waals surface area contributed by atoms with Crippen molar-refractivity contribution in [3.8, 4) is 11.1 Å². The minimum atomic E-state index is -0.650. The third kappa shape index (κ3) is 3.46.